The molecule has 0 aliphatic carbocycles. The molecule has 2 aromatic rings. The van der Waals surface area contributed by atoms with Crippen molar-refractivity contribution in [1.82, 2.24) is 4.98 Å². The summed E-state index contributed by atoms with van der Waals surface area (Å²) in [6.07, 6.45) is 0. The molecular formula is C16H15NO4. The van der Waals surface area contributed by atoms with Crippen LogP contribution in [0.1, 0.15) is 49.4 Å². The molecule has 1 N–H and O–H groups in total. The van der Waals surface area contributed by atoms with Crippen molar-refractivity contribution in [2.45, 2.75) is 20.8 Å². The number of ether oxygens (including phenoxy) is 1. The third-order valence-corrected chi connectivity index (χ3v) is 3.19. The van der Waals surface area contributed by atoms with E-state index in [1.165, 1.54) is 6.92 Å². The number of H-pyrrole nitrogens is 1. The van der Waals surface area contributed by atoms with E-state index in [1.54, 1.807) is 44.2 Å². The predicted octanol–water partition coefficient (Wildman–Crippen LogP) is 2.83. The van der Waals surface area contributed by atoms with Crippen molar-refractivity contribution in [2.75, 3.05) is 0 Å². The largest absolute Gasteiger partial charge is 0.385 e. The van der Waals surface area contributed by atoms with Crippen molar-refractivity contribution < 1.29 is 19.1 Å². The van der Waals surface area contributed by atoms with E-state index in [9.17, 15) is 14.4 Å². The molecule has 1 aromatic heterocycles. The summed E-state index contributed by atoms with van der Waals surface area (Å²) in [4.78, 5) is 38.2. The Balaban J connectivity index is 2.24. The number of rotatable bonds is 3. The molecule has 0 aliphatic rings. The van der Waals surface area contributed by atoms with Gasteiger partial charge in [0.15, 0.2) is 5.78 Å². The lowest BCUT2D eigenvalue weighted by Crippen LogP contribution is -2.14. The number of aromatic nitrogens is 1. The number of hydrogen-bond donors (Lipinski definition) is 1. The van der Waals surface area contributed by atoms with Gasteiger partial charge < -0.3 is 9.72 Å². The van der Waals surface area contributed by atoms with Gasteiger partial charge in [0.25, 0.3) is 0 Å². The highest BCUT2D eigenvalue weighted by Gasteiger charge is 2.23. The van der Waals surface area contributed by atoms with Gasteiger partial charge in [-0.1, -0.05) is 18.2 Å². The summed E-state index contributed by atoms with van der Waals surface area (Å²) in [5.74, 6) is -1.66. The molecule has 5 nitrogen and oxygen atoms in total. The van der Waals surface area contributed by atoms with Crippen molar-refractivity contribution >= 4 is 17.7 Å². The van der Waals surface area contributed by atoms with Crippen LogP contribution in [-0.2, 0) is 4.74 Å². The highest BCUT2D eigenvalue weighted by atomic mass is 16.6. The minimum Gasteiger partial charge on any atom is -0.385 e. The lowest BCUT2D eigenvalue weighted by molar-refractivity contribution is 0.0393. The minimum absolute atomic E-state index is 0.127. The highest BCUT2D eigenvalue weighted by Crippen LogP contribution is 2.19. The maximum Gasteiger partial charge on any atom is 0.362 e. The number of nitrogens with one attached hydrogen (secondary N) is 1. The van der Waals surface area contributed by atoms with E-state index in [2.05, 4.69) is 4.98 Å². The lowest BCUT2D eigenvalue weighted by Gasteiger charge is -2.02. The van der Waals surface area contributed by atoms with E-state index in [1.807, 2.05) is 0 Å². The number of hydrogen-bond acceptors (Lipinski definition) is 4. The number of Topliss-reactive ketones (excluding diaryl/α,β-unsaturated/α-hetero) is 1. The Morgan fingerprint density at radius 3 is 2.14 bits per heavy atom. The molecule has 0 saturated carbocycles. The van der Waals surface area contributed by atoms with Crippen molar-refractivity contribution in [3.05, 3.63) is 58.4 Å². The quantitative estimate of drug-likeness (QED) is 0.534. The molecule has 2 rings (SSSR count). The van der Waals surface area contributed by atoms with Crippen LogP contribution in [0.2, 0.25) is 0 Å². The second kappa shape index (κ2) is 5.75. The summed E-state index contributed by atoms with van der Waals surface area (Å²) in [7, 11) is 0. The smallest absolute Gasteiger partial charge is 0.362 e. The van der Waals surface area contributed by atoms with Crippen LogP contribution >= 0.6 is 0 Å². The van der Waals surface area contributed by atoms with Crippen LogP contribution in [-0.4, -0.2) is 22.7 Å². The summed E-state index contributed by atoms with van der Waals surface area (Å²) < 4.78 is 4.83. The molecule has 21 heavy (non-hydrogen) atoms. The molecule has 0 unspecified atom stereocenters. The molecule has 1 heterocycles. The Labute approximate surface area is 121 Å². The topological polar surface area (TPSA) is 76.2 Å². The average molecular weight is 285 g/mol. The standard InChI is InChI=1S/C16H15NO4/c1-9-13(11(3)18)10(2)17-14(9)16(20)21-15(19)12-7-5-4-6-8-12/h4-8,17H,1-3H3. The van der Waals surface area contributed by atoms with E-state index in [-0.39, 0.29) is 11.5 Å². The first-order valence-electron chi connectivity index (χ1n) is 6.43. The first kappa shape index (κ1) is 14.7. The second-order valence-electron chi connectivity index (χ2n) is 4.72. The first-order chi connectivity index (χ1) is 9.91. The second-order valence-corrected chi connectivity index (χ2v) is 4.72. The number of aryl methyl sites for hydroxylation is 1. The summed E-state index contributed by atoms with van der Waals surface area (Å²) >= 11 is 0. The van der Waals surface area contributed by atoms with Crippen LogP contribution < -0.4 is 0 Å². The van der Waals surface area contributed by atoms with E-state index in [4.69, 9.17) is 4.74 Å². The van der Waals surface area contributed by atoms with Gasteiger partial charge in [0, 0.05) is 11.3 Å². The fourth-order valence-corrected chi connectivity index (χ4v) is 2.25. The summed E-state index contributed by atoms with van der Waals surface area (Å²) in [6.45, 7) is 4.76. The summed E-state index contributed by atoms with van der Waals surface area (Å²) in [5, 5.41) is 0. The van der Waals surface area contributed by atoms with Crippen molar-refractivity contribution in [2.24, 2.45) is 0 Å². The Hall–Kier alpha value is -2.69. The molecule has 0 aliphatic heterocycles. The molecule has 0 saturated heterocycles. The van der Waals surface area contributed by atoms with E-state index in [0.717, 1.165) is 0 Å². The van der Waals surface area contributed by atoms with E-state index < -0.39 is 11.9 Å². The van der Waals surface area contributed by atoms with Crippen LogP contribution in [0.15, 0.2) is 30.3 Å². The van der Waals surface area contributed by atoms with Gasteiger partial charge in [-0.15, -0.1) is 0 Å². The third-order valence-electron chi connectivity index (χ3n) is 3.19. The molecule has 0 amide bonds. The molecule has 0 bridgehead atoms. The highest BCUT2D eigenvalue weighted by molar-refractivity contribution is 6.05. The van der Waals surface area contributed by atoms with E-state index in [0.29, 0.717) is 22.4 Å². The average Bonchev–Trinajstić information content (AvgIpc) is 2.75. The SMILES string of the molecule is CC(=O)c1c(C)[nH]c(C(=O)OC(=O)c2ccccc2)c1C. The Bertz CT molecular complexity index is 713. The van der Waals surface area contributed by atoms with Crippen molar-refractivity contribution in [3.8, 4) is 0 Å². The van der Waals surface area contributed by atoms with Gasteiger partial charge in [-0.2, -0.15) is 0 Å². The molecule has 1 aromatic carbocycles. The third kappa shape index (κ3) is 2.91. The molecule has 0 spiro atoms. The summed E-state index contributed by atoms with van der Waals surface area (Å²) in [6, 6.07) is 8.24. The van der Waals surface area contributed by atoms with Crippen LogP contribution in [0.3, 0.4) is 0 Å². The maximum absolute atomic E-state index is 12.1. The Morgan fingerprint density at radius 2 is 1.62 bits per heavy atom. The molecule has 108 valence electrons. The zero-order valence-electron chi connectivity index (χ0n) is 12.0. The van der Waals surface area contributed by atoms with Gasteiger partial charge in [-0.05, 0) is 38.5 Å². The van der Waals surface area contributed by atoms with Crippen LogP contribution in [0.5, 0.6) is 0 Å². The molecule has 0 fully saturated rings. The van der Waals surface area contributed by atoms with Crippen LogP contribution in [0, 0.1) is 13.8 Å². The molecule has 5 heteroatoms. The Morgan fingerprint density at radius 1 is 1.00 bits per heavy atom. The van der Waals surface area contributed by atoms with Crippen LogP contribution in [0.25, 0.3) is 0 Å². The van der Waals surface area contributed by atoms with Gasteiger partial charge in [0.05, 0.1) is 5.56 Å². The van der Waals surface area contributed by atoms with Gasteiger partial charge in [0.2, 0.25) is 0 Å². The number of benzene rings is 1. The number of carbonyl (C=O) groups excluding carboxylic acids is 3. The number of ketones is 1. The zero-order valence-corrected chi connectivity index (χ0v) is 12.0. The van der Waals surface area contributed by atoms with Crippen molar-refractivity contribution in [3.63, 3.8) is 0 Å². The fourth-order valence-electron chi connectivity index (χ4n) is 2.25. The van der Waals surface area contributed by atoms with E-state index >= 15 is 0 Å². The van der Waals surface area contributed by atoms with Gasteiger partial charge in [0.1, 0.15) is 5.69 Å². The molecular weight excluding hydrogens is 270 g/mol. The monoisotopic (exact) mass is 285 g/mol. The van der Waals surface area contributed by atoms with Gasteiger partial charge >= 0.3 is 11.9 Å². The number of aromatic amines is 1. The predicted molar refractivity (Wildman–Crippen MR) is 76.5 cm³/mol. The molecule has 0 radical (unpaired) electrons. The molecule has 0 atom stereocenters. The fraction of sp³-hybridized carbons (Fsp3) is 0.188. The maximum atomic E-state index is 12.1. The number of esters is 2. The van der Waals surface area contributed by atoms with Gasteiger partial charge in [-0.25, -0.2) is 9.59 Å². The normalized spacial score (nSPS) is 10.2. The zero-order chi connectivity index (χ0) is 15.6. The van der Waals surface area contributed by atoms with Crippen molar-refractivity contribution in [1.29, 1.82) is 0 Å². The number of carbonyl (C=O) groups is 3. The lowest BCUT2D eigenvalue weighted by atomic mass is 10.1. The minimum atomic E-state index is -0.794. The van der Waals surface area contributed by atoms with Gasteiger partial charge in [-0.3, -0.25) is 4.79 Å². The van der Waals surface area contributed by atoms with Crippen LogP contribution in [0.4, 0.5) is 0 Å². The summed E-state index contributed by atoms with van der Waals surface area (Å²) in [5.41, 5.74) is 1.94. The first-order valence-corrected chi connectivity index (χ1v) is 6.43. The Kier molecular flexibility index (Phi) is 4.03.